The molecule has 0 saturated heterocycles. The lowest BCUT2D eigenvalue weighted by Crippen LogP contribution is -2.15. The van der Waals surface area contributed by atoms with E-state index in [0.29, 0.717) is 6.42 Å². The van der Waals surface area contributed by atoms with Gasteiger partial charge in [0.25, 0.3) is 0 Å². The van der Waals surface area contributed by atoms with Gasteiger partial charge in [-0.25, -0.2) is 0 Å². The van der Waals surface area contributed by atoms with Crippen LogP contribution in [0.5, 0.6) is 0 Å². The highest BCUT2D eigenvalue weighted by Gasteiger charge is 2.10. The van der Waals surface area contributed by atoms with Crippen molar-refractivity contribution in [2.45, 2.75) is 116 Å². The van der Waals surface area contributed by atoms with Crippen LogP contribution >= 0.6 is 0 Å². The lowest BCUT2D eigenvalue weighted by atomic mass is 10.0. The molecule has 0 amide bonds. The van der Waals surface area contributed by atoms with Crippen molar-refractivity contribution in [2.75, 3.05) is 7.11 Å². The normalized spacial score (nSPS) is 12.0. The molecule has 0 aromatic rings. The summed E-state index contributed by atoms with van der Waals surface area (Å²) in [5, 5.41) is 0. The number of carbonyl (C=O) groups excluding carboxylic acids is 2. The summed E-state index contributed by atoms with van der Waals surface area (Å²) < 4.78 is 9.98. The lowest BCUT2D eigenvalue weighted by molar-refractivity contribution is -0.147. The Balaban J connectivity index is 3.30. The molecule has 4 heteroatoms. The van der Waals surface area contributed by atoms with Gasteiger partial charge < -0.3 is 9.47 Å². The van der Waals surface area contributed by atoms with Crippen molar-refractivity contribution >= 4 is 11.9 Å². The van der Waals surface area contributed by atoms with Crippen molar-refractivity contribution in [3.05, 3.63) is 0 Å². The van der Waals surface area contributed by atoms with E-state index in [2.05, 4.69) is 11.7 Å². The number of rotatable bonds is 17. The third-order valence-corrected chi connectivity index (χ3v) is 4.58. The summed E-state index contributed by atoms with van der Waals surface area (Å²) in [5.74, 6) is -0.238. The highest BCUT2D eigenvalue weighted by molar-refractivity contribution is 5.68. The largest absolute Gasteiger partial charge is 0.469 e. The molecule has 1 unspecified atom stereocenters. The smallest absolute Gasteiger partial charge is 0.305 e. The van der Waals surface area contributed by atoms with Gasteiger partial charge in [0.2, 0.25) is 0 Å². The molecule has 0 N–H and O–H groups in total. The van der Waals surface area contributed by atoms with Gasteiger partial charge in [-0.1, -0.05) is 71.1 Å². The summed E-state index contributed by atoms with van der Waals surface area (Å²) >= 11 is 0. The number of ether oxygens (including phenoxy) is 2. The molecule has 0 radical (unpaired) electrons. The van der Waals surface area contributed by atoms with E-state index in [9.17, 15) is 9.59 Å². The highest BCUT2D eigenvalue weighted by Crippen LogP contribution is 2.15. The molecule has 0 fully saturated rings. The van der Waals surface area contributed by atoms with Gasteiger partial charge in [-0.3, -0.25) is 9.59 Å². The zero-order valence-electron chi connectivity index (χ0n) is 16.8. The van der Waals surface area contributed by atoms with Gasteiger partial charge in [-0.2, -0.15) is 0 Å². The van der Waals surface area contributed by atoms with E-state index in [1.165, 1.54) is 65.4 Å². The molecule has 0 aliphatic rings. The van der Waals surface area contributed by atoms with Crippen LogP contribution in [0.25, 0.3) is 0 Å². The molecule has 1 atom stereocenters. The Bertz CT molecular complexity index is 328. The first-order valence-electron chi connectivity index (χ1n) is 10.3. The minimum Gasteiger partial charge on any atom is -0.469 e. The van der Waals surface area contributed by atoms with Crippen LogP contribution in [-0.4, -0.2) is 25.2 Å². The summed E-state index contributed by atoms with van der Waals surface area (Å²) in [7, 11) is 1.45. The third-order valence-electron chi connectivity index (χ3n) is 4.58. The molecule has 0 spiro atoms. The number of carbonyl (C=O) groups is 2. The molecule has 148 valence electrons. The average molecular weight is 357 g/mol. The molecular formula is C21H40O4. The Hall–Kier alpha value is -1.06. The fraction of sp³-hybridized carbons (Fsp3) is 0.905. The van der Waals surface area contributed by atoms with Crippen LogP contribution in [0, 0.1) is 0 Å². The van der Waals surface area contributed by atoms with Crippen LogP contribution in [0.1, 0.15) is 110 Å². The van der Waals surface area contributed by atoms with Crippen LogP contribution in [0.4, 0.5) is 0 Å². The molecule has 0 aromatic carbocycles. The van der Waals surface area contributed by atoms with Gasteiger partial charge in [0.05, 0.1) is 7.11 Å². The molecule has 0 saturated carbocycles. The Morgan fingerprint density at radius 1 is 0.760 bits per heavy atom. The standard InChI is InChI=1S/C21H40O4/c1-4-16-20(25-19(2)22)17-14-12-10-8-6-5-7-9-11-13-15-18-21(23)24-3/h20H,4-18H2,1-3H3. The molecule has 0 heterocycles. The topological polar surface area (TPSA) is 52.6 Å². The van der Waals surface area contributed by atoms with Crippen LogP contribution in [0.3, 0.4) is 0 Å². The maximum atomic E-state index is 11.0. The van der Waals surface area contributed by atoms with Gasteiger partial charge in [0.15, 0.2) is 0 Å². The first kappa shape index (κ1) is 23.9. The monoisotopic (exact) mass is 356 g/mol. The van der Waals surface area contributed by atoms with E-state index >= 15 is 0 Å². The molecule has 0 aliphatic carbocycles. The minimum absolute atomic E-state index is 0.0890. The number of hydrogen-bond acceptors (Lipinski definition) is 4. The molecule has 4 nitrogen and oxygen atoms in total. The summed E-state index contributed by atoms with van der Waals surface area (Å²) in [5.41, 5.74) is 0. The van der Waals surface area contributed by atoms with Gasteiger partial charge in [-0.15, -0.1) is 0 Å². The number of unbranched alkanes of at least 4 members (excludes halogenated alkanes) is 10. The number of hydrogen-bond donors (Lipinski definition) is 0. The zero-order valence-corrected chi connectivity index (χ0v) is 16.8. The van der Waals surface area contributed by atoms with Crippen LogP contribution < -0.4 is 0 Å². The maximum absolute atomic E-state index is 11.0. The zero-order chi connectivity index (χ0) is 18.8. The molecular weight excluding hydrogens is 316 g/mol. The average Bonchev–Trinajstić information content (AvgIpc) is 2.58. The Labute approximate surface area is 155 Å². The SMILES string of the molecule is CCCC(CCCCCCCCCCCCCC(=O)OC)OC(C)=O. The van der Waals surface area contributed by atoms with Crippen LogP contribution in [0.15, 0.2) is 0 Å². The van der Waals surface area contributed by atoms with Gasteiger partial charge in [0, 0.05) is 13.3 Å². The Morgan fingerprint density at radius 3 is 1.68 bits per heavy atom. The second kappa shape index (κ2) is 17.8. The Morgan fingerprint density at radius 2 is 1.24 bits per heavy atom. The van der Waals surface area contributed by atoms with Crippen molar-refractivity contribution in [1.82, 2.24) is 0 Å². The van der Waals surface area contributed by atoms with Gasteiger partial charge in [0.1, 0.15) is 6.10 Å². The minimum atomic E-state index is -0.149. The first-order valence-corrected chi connectivity index (χ1v) is 10.3. The highest BCUT2D eigenvalue weighted by atomic mass is 16.5. The van der Waals surface area contributed by atoms with E-state index in [-0.39, 0.29) is 18.0 Å². The summed E-state index contributed by atoms with van der Waals surface area (Å²) in [4.78, 5) is 22.0. The van der Waals surface area contributed by atoms with Gasteiger partial charge in [-0.05, 0) is 25.7 Å². The summed E-state index contributed by atoms with van der Waals surface area (Å²) in [6.45, 7) is 3.64. The summed E-state index contributed by atoms with van der Waals surface area (Å²) in [6, 6.07) is 0. The fourth-order valence-electron chi connectivity index (χ4n) is 3.15. The first-order chi connectivity index (χ1) is 12.1. The molecule has 25 heavy (non-hydrogen) atoms. The predicted molar refractivity (Wildman–Crippen MR) is 102 cm³/mol. The molecule has 0 bridgehead atoms. The van der Waals surface area contributed by atoms with Crippen molar-refractivity contribution in [3.63, 3.8) is 0 Å². The van der Waals surface area contributed by atoms with E-state index in [1.807, 2.05) is 0 Å². The quantitative estimate of drug-likeness (QED) is 0.238. The Kier molecular flexibility index (Phi) is 17.0. The molecule has 0 aliphatic heterocycles. The number of methoxy groups -OCH3 is 1. The van der Waals surface area contributed by atoms with Gasteiger partial charge >= 0.3 is 11.9 Å². The van der Waals surface area contributed by atoms with Crippen molar-refractivity contribution in [1.29, 1.82) is 0 Å². The third kappa shape index (κ3) is 17.6. The molecule has 0 aromatic heterocycles. The van der Waals surface area contributed by atoms with E-state index in [1.54, 1.807) is 0 Å². The number of esters is 2. The van der Waals surface area contributed by atoms with Crippen molar-refractivity contribution in [2.24, 2.45) is 0 Å². The van der Waals surface area contributed by atoms with E-state index in [0.717, 1.165) is 38.5 Å². The van der Waals surface area contributed by atoms with Crippen LogP contribution in [-0.2, 0) is 19.1 Å². The second-order valence-electron chi connectivity index (χ2n) is 7.02. The predicted octanol–water partition coefficient (Wildman–Crippen LogP) is 5.96. The second-order valence-corrected chi connectivity index (χ2v) is 7.02. The molecule has 0 rings (SSSR count). The summed E-state index contributed by atoms with van der Waals surface area (Å²) in [6.07, 6.45) is 17.3. The van der Waals surface area contributed by atoms with Crippen LogP contribution in [0.2, 0.25) is 0 Å². The maximum Gasteiger partial charge on any atom is 0.305 e. The van der Waals surface area contributed by atoms with E-state index in [4.69, 9.17) is 4.74 Å². The lowest BCUT2D eigenvalue weighted by Gasteiger charge is -2.15. The van der Waals surface area contributed by atoms with Crippen molar-refractivity contribution < 1.29 is 19.1 Å². The van der Waals surface area contributed by atoms with E-state index < -0.39 is 0 Å². The fourth-order valence-corrected chi connectivity index (χ4v) is 3.15. The van der Waals surface area contributed by atoms with Crippen molar-refractivity contribution in [3.8, 4) is 0 Å².